The van der Waals surface area contributed by atoms with E-state index in [2.05, 4.69) is 0 Å². The normalized spacial score (nSPS) is 12.8. The van der Waals surface area contributed by atoms with E-state index in [1.807, 2.05) is 0 Å². The molecule has 21 heavy (non-hydrogen) atoms. The van der Waals surface area contributed by atoms with Gasteiger partial charge in [-0.15, -0.1) is 0 Å². The highest BCUT2D eigenvalue weighted by molar-refractivity contribution is 6.29. The summed E-state index contributed by atoms with van der Waals surface area (Å²) in [4.78, 5) is 24.8. The second-order valence-electron chi connectivity index (χ2n) is 4.59. The Balaban J connectivity index is 2.35. The molecule has 0 aliphatic heterocycles. The summed E-state index contributed by atoms with van der Waals surface area (Å²) in [7, 11) is 1.22. The Morgan fingerprint density at radius 1 is 0.905 bits per heavy atom. The van der Waals surface area contributed by atoms with E-state index in [4.69, 9.17) is 4.74 Å². The van der Waals surface area contributed by atoms with Gasteiger partial charge in [0.1, 0.15) is 5.75 Å². The monoisotopic (exact) mass is 286 g/mol. The maximum atomic E-state index is 12.4. The van der Waals surface area contributed by atoms with Crippen LogP contribution < -0.4 is 4.74 Å². The van der Waals surface area contributed by atoms with E-state index in [1.165, 1.54) is 25.3 Å². The van der Waals surface area contributed by atoms with Crippen molar-refractivity contribution in [3.05, 3.63) is 46.5 Å². The van der Waals surface area contributed by atoms with Crippen molar-refractivity contribution in [2.45, 2.75) is 0 Å². The summed E-state index contributed by atoms with van der Waals surface area (Å²) in [6.45, 7) is 0. The number of hydrogen-bond acceptors (Lipinski definition) is 6. The molecular weight excluding hydrogens is 276 g/mol. The second-order valence-corrected chi connectivity index (χ2v) is 4.59. The lowest BCUT2D eigenvalue weighted by atomic mass is 9.83. The molecule has 0 heterocycles. The van der Waals surface area contributed by atoms with Crippen molar-refractivity contribution in [3.63, 3.8) is 0 Å². The Hall–Kier alpha value is -3.02. The summed E-state index contributed by atoms with van der Waals surface area (Å²) in [5.74, 6) is -2.58. The van der Waals surface area contributed by atoms with E-state index in [0.29, 0.717) is 0 Å². The summed E-state index contributed by atoms with van der Waals surface area (Å²) >= 11 is 0. The van der Waals surface area contributed by atoms with Gasteiger partial charge < -0.3 is 20.1 Å². The lowest BCUT2D eigenvalue weighted by molar-refractivity contribution is 0.0975. The van der Waals surface area contributed by atoms with E-state index < -0.39 is 23.1 Å². The molecule has 0 radical (unpaired) electrons. The van der Waals surface area contributed by atoms with Crippen LogP contribution in [0.5, 0.6) is 23.0 Å². The Morgan fingerprint density at radius 3 is 2.29 bits per heavy atom. The molecule has 0 saturated carbocycles. The predicted octanol–water partition coefficient (Wildman–Crippen LogP) is 1.59. The van der Waals surface area contributed by atoms with Crippen LogP contribution in [-0.2, 0) is 0 Å². The smallest absolute Gasteiger partial charge is 0.203 e. The summed E-state index contributed by atoms with van der Waals surface area (Å²) in [5, 5.41) is 29.3. The van der Waals surface area contributed by atoms with Gasteiger partial charge >= 0.3 is 0 Å². The minimum Gasteiger partial charge on any atom is -0.508 e. The van der Waals surface area contributed by atoms with Crippen LogP contribution in [0.1, 0.15) is 31.8 Å². The van der Waals surface area contributed by atoms with Crippen LogP contribution >= 0.6 is 0 Å². The molecule has 0 spiro atoms. The van der Waals surface area contributed by atoms with Gasteiger partial charge in [0.15, 0.2) is 23.1 Å². The topological polar surface area (TPSA) is 104 Å². The fraction of sp³-hybridized carbons (Fsp3) is 0.0667. The summed E-state index contributed by atoms with van der Waals surface area (Å²) in [6.07, 6.45) is 0. The van der Waals surface area contributed by atoms with Crippen molar-refractivity contribution in [1.82, 2.24) is 0 Å². The first-order valence-corrected chi connectivity index (χ1v) is 6.01. The van der Waals surface area contributed by atoms with Crippen molar-refractivity contribution in [2.24, 2.45) is 0 Å². The molecule has 106 valence electrons. The maximum absolute atomic E-state index is 12.4. The van der Waals surface area contributed by atoms with Gasteiger partial charge in [-0.05, 0) is 24.3 Å². The molecular formula is C15H10O6. The lowest BCUT2D eigenvalue weighted by Crippen LogP contribution is -2.21. The summed E-state index contributed by atoms with van der Waals surface area (Å²) in [5.41, 5.74) is -0.244. The summed E-state index contributed by atoms with van der Waals surface area (Å²) in [6, 6.07) is 4.84. The number of hydrogen-bond donors (Lipinski definition) is 3. The standard InChI is InChI=1S/C15H10O6/c1-21-15-10(17)5-9-11(14(15)20)13(19)7-3-2-6(16)4-8(7)12(9)18/h2-5,16-17,20H,1H3. The number of ether oxygens (including phenoxy) is 1. The first-order chi connectivity index (χ1) is 9.95. The molecule has 6 nitrogen and oxygen atoms in total. The quantitative estimate of drug-likeness (QED) is 0.627. The van der Waals surface area contributed by atoms with Crippen LogP contribution in [0.2, 0.25) is 0 Å². The molecule has 2 aromatic rings. The van der Waals surface area contributed by atoms with Gasteiger partial charge in [0.05, 0.1) is 12.7 Å². The van der Waals surface area contributed by atoms with Crippen LogP contribution in [0.3, 0.4) is 0 Å². The largest absolute Gasteiger partial charge is 0.508 e. The highest BCUT2D eigenvalue weighted by Crippen LogP contribution is 2.44. The molecule has 2 aromatic carbocycles. The first kappa shape index (κ1) is 13.0. The first-order valence-electron chi connectivity index (χ1n) is 6.01. The third-order valence-electron chi connectivity index (χ3n) is 3.40. The molecule has 0 saturated heterocycles. The van der Waals surface area contributed by atoms with E-state index in [9.17, 15) is 24.9 Å². The van der Waals surface area contributed by atoms with Gasteiger partial charge in [0.25, 0.3) is 0 Å². The highest BCUT2D eigenvalue weighted by atomic mass is 16.5. The molecule has 0 bridgehead atoms. The van der Waals surface area contributed by atoms with Gasteiger partial charge in [-0.1, -0.05) is 0 Å². The van der Waals surface area contributed by atoms with Gasteiger partial charge in [-0.3, -0.25) is 9.59 Å². The number of phenols is 3. The number of rotatable bonds is 1. The molecule has 0 amide bonds. The molecule has 1 aliphatic carbocycles. The zero-order valence-corrected chi connectivity index (χ0v) is 10.9. The molecule has 0 unspecified atom stereocenters. The van der Waals surface area contributed by atoms with Crippen LogP contribution in [-0.4, -0.2) is 34.0 Å². The molecule has 0 fully saturated rings. The minimum absolute atomic E-state index is 0.0245. The van der Waals surface area contributed by atoms with Gasteiger partial charge in [-0.25, -0.2) is 0 Å². The lowest BCUT2D eigenvalue weighted by Gasteiger charge is -2.20. The second kappa shape index (κ2) is 4.24. The van der Waals surface area contributed by atoms with E-state index >= 15 is 0 Å². The Labute approximate surface area is 118 Å². The maximum Gasteiger partial charge on any atom is 0.203 e. The molecule has 0 atom stereocenters. The minimum atomic E-state index is -0.579. The van der Waals surface area contributed by atoms with Crippen molar-refractivity contribution < 1.29 is 29.6 Å². The van der Waals surface area contributed by atoms with Crippen LogP contribution in [0.25, 0.3) is 0 Å². The zero-order valence-electron chi connectivity index (χ0n) is 10.9. The number of aromatic hydroxyl groups is 3. The molecule has 6 heteroatoms. The predicted molar refractivity (Wildman–Crippen MR) is 71.3 cm³/mol. The molecule has 3 N–H and O–H groups in total. The third-order valence-corrected chi connectivity index (χ3v) is 3.40. The van der Waals surface area contributed by atoms with Crippen LogP contribution in [0.15, 0.2) is 24.3 Å². The van der Waals surface area contributed by atoms with Crippen molar-refractivity contribution in [1.29, 1.82) is 0 Å². The Bertz CT molecular complexity index is 806. The Morgan fingerprint density at radius 2 is 1.62 bits per heavy atom. The molecule has 1 aliphatic rings. The van der Waals surface area contributed by atoms with Crippen molar-refractivity contribution in [3.8, 4) is 23.0 Å². The third kappa shape index (κ3) is 1.66. The van der Waals surface area contributed by atoms with Gasteiger partial charge in [0.2, 0.25) is 5.75 Å². The number of carbonyl (C=O) groups is 2. The van der Waals surface area contributed by atoms with Gasteiger partial charge in [-0.2, -0.15) is 0 Å². The number of fused-ring (bicyclic) bond motifs is 2. The molecule has 3 rings (SSSR count). The highest BCUT2D eigenvalue weighted by Gasteiger charge is 2.35. The fourth-order valence-electron chi connectivity index (χ4n) is 2.44. The van der Waals surface area contributed by atoms with Gasteiger partial charge in [0, 0.05) is 16.7 Å². The SMILES string of the molecule is COc1c(O)cc2c(c1O)C(=O)c1ccc(O)cc1C2=O. The van der Waals surface area contributed by atoms with Crippen molar-refractivity contribution in [2.75, 3.05) is 7.11 Å². The van der Waals surface area contributed by atoms with Crippen LogP contribution in [0.4, 0.5) is 0 Å². The number of methoxy groups -OCH3 is 1. The zero-order chi connectivity index (χ0) is 15.3. The number of phenolic OH excluding ortho intramolecular Hbond substituents is 3. The number of ketones is 2. The fourth-order valence-corrected chi connectivity index (χ4v) is 2.44. The molecule has 0 aromatic heterocycles. The Kier molecular flexibility index (Phi) is 2.62. The number of benzene rings is 2. The summed E-state index contributed by atoms with van der Waals surface area (Å²) < 4.78 is 4.83. The average Bonchev–Trinajstić information content (AvgIpc) is 2.44. The van der Waals surface area contributed by atoms with E-state index in [1.54, 1.807) is 0 Å². The average molecular weight is 286 g/mol. The number of carbonyl (C=O) groups excluding carboxylic acids is 2. The van der Waals surface area contributed by atoms with Crippen molar-refractivity contribution >= 4 is 11.6 Å². The van der Waals surface area contributed by atoms with E-state index in [-0.39, 0.29) is 33.8 Å². The van der Waals surface area contributed by atoms with Crippen LogP contribution in [0, 0.1) is 0 Å². The van der Waals surface area contributed by atoms with E-state index in [0.717, 1.165) is 6.07 Å².